The van der Waals surface area contributed by atoms with E-state index in [9.17, 15) is 4.79 Å². The number of amides is 1. The minimum Gasteiger partial charge on any atom is -0.349 e. The normalized spacial score (nSPS) is 14.3. The molecule has 2 unspecified atom stereocenters. The van der Waals surface area contributed by atoms with E-state index in [0.717, 1.165) is 12.0 Å². The molecule has 3 N–H and O–H groups in total. The maximum Gasteiger partial charge on any atom is 0.225 e. The van der Waals surface area contributed by atoms with Crippen molar-refractivity contribution in [3.8, 4) is 0 Å². The van der Waals surface area contributed by atoms with Gasteiger partial charge in [0, 0.05) is 6.54 Å². The minimum atomic E-state index is -0.117. The third kappa shape index (κ3) is 4.97. The molecule has 0 saturated carbocycles. The number of benzene rings is 1. The summed E-state index contributed by atoms with van der Waals surface area (Å²) in [4.78, 5) is 12.4. The first-order chi connectivity index (χ1) is 9.45. The van der Waals surface area contributed by atoms with Gasteiger partial charge in [0.15, 0.2) is 0 Å². The second-order valence-electron chi connectivity index (χ2n) is 6.19. The molecule has 0 aliphatic rings. The van der Waals surface area contributed by atoms with Gasteiger partial charge in [0.05, 0.1) is 12.0 Å². The van der Waals surface area contributed by atoms with Crippen molar-refractivity contribution in [2.45, 2.75) is 40.2 Å². The van der Waals surface area contributed by atoms with Crippen molar-refractivity contribution in [3.05, 3.63) is 35.9 Å². The summed E-state index contributed by atoms with van der Waals surface area (Å²) in [7, 11) is 0. The average Bonchev–Trinajstić information content (AvgIpc) is 2.38. The summed E-state index contributed by atoms with van der Waals surface area (Å²) in [5, 5.41) is 3.18. The molecule has 0 spiro atoms. The summed E-state index contributed by atoms with van der Waals surface area (Å²) in [5.74, 6) is 0.733. The van der Waals surface area contributed by atoms with Gasteiger partial charge in [0.1, 0.15) is 0 Å². The smallest absolute Gasteiger partial charge is 0.225 e. The highest BCUT2D eigenvalue weighted by molar-refractivity contribution is 5.79. The lowest BCUT2D eigenvalue weighted by Gasteiger charge is -2.25. The fourth-order valence-corrected chi connectivity index (χ4v) is 2.40. The number of carbonyl (C=O) groups is 1. The van der Waals surface area contributed by atoms with Gasteiger partial charge in [-0.2, -0.15) is 0 Å². The van der Waals surface area contributed by atoms with Gasteiger partial charge in [-0.3, -0.25) is 4.79 Å². The van der Waals surface area contributed by atoms with E-state index < -0.39 is 0 Å². The first-order valence-corrected chi connectivity index (χ1v) is 7.51. The van der Waals surface area contributed by atoms with Crippen molar-refractivity contribution in [2.24, 2.45) is 23.5 Å². The van der Waals surface area contributed by atoms with Gasteiger partial charge in [-0.05, 0) is 23.8 Å². The summed E-state index contributed by atoms with van der Waals surface area (Å²) in [5.41, 5.74) is 6.89. The van der Waals surface area contributed by atoms with Crippen LogP contribution in [0.1, 0.15) is 45.7 Å². The molecule has 0 fully saturated rings. The number of hydrogen-bond acceptors (Lipinski definition) is 2. The summed E-state index contributed by atoms with van der Waals surface area (Å²) >= 11 is 0. The van der Waals surface area contributed by atoms with Crippen LogP contribution in [0.2, 0.25) is 0 Å². The molecule has 1 aromatic rings. The summed E-state index contributed by atoms with van der Waals surface area (Å²) in [6, 6.07) is 10.2. The van der Waals surface area contributed by atoms with Gasteiger partial charge in [-0.25, -0.2) is 0 Å². The van der Waals surface area contributed by atoms with Crippen molar-refractivity contribution in [3.63, 3.8) is 0 Å². The third-order valence-corrected chi connectivity index (χ3v) is 3.62. The van der Waals surface area contributed by atoms with Gasteiger partial charge in [0.2, 0.25) is 5.91 Å². The molecule has 3 heteroatoms. The summed E-state index contributed by atoms with van der Waals surface area (Å²) in [6.07, 6.45) is 0.936. The van der Waals surface area contributed by atoms with Crippen LogP contribution < -0.4 is 11.1 Å². The number of nitrogens with one attached hydrogen (secondary N) is 1. The van der Waals surface area contributed by atoms with E-state index in [4.69, 9.17) is 5.73 Å². The predicted molar refractivity (Wildman–Crippen MR) is 84.2 cm³/mol. The van der Waals surface area contributed by atoms with E-state index in [-0.39, 0.29) is 23.8 Å². The van der Waals surface area contributed by atoms with E-state index in [0.29, 0.717) is 12.5 Å². The molecule has 2 atom stereocenters. The van der Waals surface area contributed by atoms with Crippen molar-refractivity contribution >= 4 is 5.91 Å². The molecule has 0 aromatic heterocycles. The maximum atomic E-state index is 12.4. The second kappa shape index (κ2) is 8.05. The molecule has 20 heavy (non-hydrogen) atoms. The van der Waals surface area contributed by atoms with Crippen LogP contribution in [0.3, 0.4) is 0 Å². The molecule has 1 aromatic carbocycles. The van der Waals surface area contributed by atoms with Gasteiger partial charge >= 0.3 is 0 Å². The monoisotopic (exact) mass is 276 g/mol. The standard InChI is InChI=1S/C17H28N2O/c1-12(2)10-16(14-8-6-5-7-9-14)19-17(20)15(11-18)13(3)4/h5-9,12-13,15-16H,10-11,18H2,1-4H3,(H,19,20). The Kier molecular flexibility index (Phi) is 6.73. The zero-order valence-electron chi connectivity index (χ0n) is 13.1. The van der Waals surface area contributed by atoms with E-state index in [1.807, 2.05) is 32.0 Å². The topological polar surface area (TPSA) is 55.1 Å². The Morgan fingerprint density at radius 3 is 2.20 bits per heavy atom. The zero-order valence-corrected chi connectivity index (χ0v) is 13.1. The molecule has 0 bridgehead atoms. The van der Waals surface area contributed by atoms with Crippen molar-refractivity contribution in [2.75, 3.05) is 6.54 Å². The van der Waals surface area contributed by atoms with Crippen LogP contribution in [0.5, 0.6) is 0 Å². The first-order valence-electron chi connectivity index (χ1n) is 7.51. The Labute approximate surface area is 122 Å². The molecule has 1 rings (SSSR count). The van der Waals surface area contributed by atoms with Gasteiger partial charge in [0.25, 0.3) is 0 Å². The molecule has 0 aliphatic carbocycles. The van der Waals surface area contributed by atoms with E-state index in [1.54, 1.807) is 0 Å². The van der Waals surface area contributed by atoms with Gasteiger partial charge in [-0.15, -0.1) is 0 Å². The molecule has 0 radical (unpaired) electrons. The fourth-order valence-electron chi connectivity index (χ4n) is 2.40. The molecule has 112 valence electrons. The molecular formula is C17H28N2O. The van der Waals surface area contributed by atoms with Crippen LogP contribution in [0, 0.1) is 17.8 Å². The number of nitrogens with two attached hydrogens (primary N) is 1. The third-order valence-electron chi connectivity index (χ3n) is 3.62. The van der Waals surface area contributed by atoms with Gasteiger partial charge in [-0.1, -0.05) is 58.0 Å². The molecule has 0 saturated heterocycles. The van der Waals surface area contributed by atoms with E-state index in [1.165, 1.54) is 0 Å². The van der Waals surface area contributed by atoms with Crippen molar-refractivity contribution < 1.29 is 4.79 Å². The average molecular weight is 276 g/mol. The lowest BCUT2D eigenvalue weighted by atomic mass is 9.92. The Hall–Kier alpha value is -1.35. The number of rotatable bonds is 7. The molecular weight excluding hydrogens is 248 g/mol. The Morgan fingerprint density at radius 2 is 1.75 bits per heavy atom. The van der Waals surface area contributed by atoms with E-state index >= 15 is 0 Å². The predicted octanol–water partition coefficient (Wildman–Crippen LogP) is 3.12. The molecule has 3 nitrogen and oxygen atoms in total. The van der Waals surface area contributed by atoms with Gasteiger partial charge < -0.3 is 11.1 Å². The summed E-state index contributed by atoms with van der Waals surface area (Å²) in [6.45, 7) is 8.82. The van der Waals surface area contributed by atoms with Crippen molar-refractivity contribution in [1.29, 1.82) is 0 Å². The highest BCUT2D eigenvalue weighted by Crippen LogP contribution is 2.22. The quantitative estimate of drug-likeness (QED) is 0.804. The van der Waals surface area contributed by atoms with Crippen LogP contribution in [0.25, 0.3) is 0 Å². The van der Waals surface area contributed by atoms with Crippen LogP contribution in [-0.4, -0.2) is 12.5 Å². The van der Waals surface area contributed by atoms with Crippen LogP contribution in [0.15, 0.2) is 30.3 Å². The fraction of sp³-hybridized carbons (Fsp3) is 0.588. The highest BCUT2D eigenvalue weighted by Gasteiger charge is 2.24. The number of carbonyl (C=O) groups excluding carboxylic acids is 1. The Bertz CT molecular complexity index is 401. The largest absolute Gasteiger partial charge is 0.349 e. The Morgan fingerprint density at radius 1 is 1.15 bits per heavy atom. The second-order valence-corrected chi connectivity index (χ2v) is 6.19. The van der Waals surface area contributed by atoms with Crippen LogP contribution in [-0.2, 0) is 4.79 Å². The van der Waals surface area contributed by atoms with Crippen LogP contribution in [0.4, 0.5) is 0 Å². The zero-order chi connectivity index (χ0) is 15.1. The summed E-state index contributed by atoms with van der Waals surface area (Å²) < 4.78 is 0. The SMILES string of the molecule is CC(C)CC(NC(=O)C(CN)C(C)C)c1ccccc1. The molecule has 0 heterocycles. The molecule has 0 aliphatic heterocycles. The first kappa shape index (κ1) is 16.7. The minimum absolute atomic E-state index is 0.0662. The number of hydrogen-bond donors (Lipinski definition) is 2. The Balaban J connectivity index is 2.82. The van der Waals surface area contributed by atoms with Crippen molar-refractivity contribution in [1.82, 2.24) is 5.32 Å². The lowest BCUT2D eigenvalue weighted by molar-refractivity contribution is -0.126. The van der Waals surface area contributed by atoms with Crippen LogP contribution >= 0.6 is 0 Å². The maximum absolute atomic E-state index is 12.4. The van der Waals surface area contributed by atoms with E-state index in [2.05, 4.69) is 31.3 Å². The molecule has 1 amide bonds. The lowest BCUT2D eigenvalue weighted by Crippen LogP contribution is -2.40. The highest BCUT2D eigenvalue weighted by atomic mass is 16.2.